The number of aromatic amines is 2. The van der Waals surface area contributed by atoms with Crippen molar-refractivity contribution in [2.24, 2.45) is 0 Å². The fourth-order valence-electron chi connectivity index (χ4n) is 1.81. The number of carbonyl (C=O) groups is 1. The van der Waals surface area contributed by atoms with Gasteiger partial charge >= 0.3 is 5.69 Å². The SMILES string of the molecule is CC(=O)N(Oc1ccc(C)cc1)c1c(C)[nH]c(=O)[nH]c1=O. The largest absolute Gasteiger partial charge is 0.372 e. The Hall–Kier alpha value is -2.83. The predicted octanol–water partition coefficient (Wildman–Crippen LogP) is 1.03. The van der Waals surface area contributed by atoms with Gasteiger partial charge in [-0.1, -0.05) is 17.7 Å². The molecule has 1 aromatic heterocycles. The van der Waals surface area contributed by atoms with Crippen LogP contribution in [0.1, 0.15) is 18.2 Å². The van der Waals surface area contributed by atoms with Gasteiger partial charge in [0.25, 0.3) is 11.5 Å². The third-order valence-electron chi connectivity index (χ3n) is 2.81. The Morgan fingerprint density at radius 3 is 2.24 bits per heavy atom. The summed E-state index contributed by atoms with van der Waals surface area (Å²) in [6.45, 7) is 4.70. The van der Waals surface area contributed by atoms with E-state index >= 15 is 0 Å². The van der Waals surface area contributed by atoms with Crippen molar-refractivity contribution >= 4 is 11.6 Å². The first-order valence-electron chi connectivity index (χ1n) is 6.27. The van der Waals surface area contributed by atoms with Crippen molar-refractivity contribution < 1.29 is 9.63 Å². The molecule has 1 heterocycles. The van der Waals surface area contributed by atoms with Gasteiger partial charge < -0.3 is 9.82 Å². The number of hydrogen-bond acceptors (Lipinski definition) is 4. The molecule has 21 heavy (non-hydrogen) atoms. The van der Waals surface area contributed by atoms with Gasteiger partial charge in [-0.15, -0.1) is 5.06 Å². The molecule has 0 aliphatic carbocycles. The molecule has 7 heteroatoms. The van der Waals surface area contributed by atoms with Crippen molar-refractivity contribution in [2.75, 3.05) is 5.06 Å². The third-order valence-corrected chi connectivity index (χ3v) is 2.81. The molecule has 7 nitrogen and oxygen atoms in total. The predicted molar refractivity (Wildman–Crippen MR) is 77.4 cm³/mol. The molecule has 0 saturated carbocycles. The van der Waals surface area contributed by atoms with Crippen molar-refractivity contribution in [3.8, 4) is 5.75 Å². The Morgan fingerprint density at radius 2 is 1.71 bits per heavy atom. The summed E-state index contributed by atoms with van der Waals surface area (Å²) in [7, 11) is 0. The van der Waals surface area contributed by atoms with Crippen molar-refractivity contribution in [1.82, 2.24) is 9.97 Å². The first kappa shape index (κ1) is 14.6. The van der Waals surface area contributed by atoms with E-state index in [9.17, 15) is 14.4 Å². The number of hydroxylamine groups is 1. The summed E-state index contributed by atoms with van der Waals surface area (Å²) in [5.41, 5.74) is -0.109. The van der Waals surface area contributed by atoms with Gasteiger partial charge in [0.1, 0.15) is 0 Å². The van der Waals surface area contributed by atoms with E-state index in [1.165, 1.54) is 13.8 Å². The second-order valence-corrected chi connectivity index (χ2v) is 4.60. The lowest BCUT2D eigenvalue weighted by atomic mass is 10.2. The van der Waals surface area contributed by atoms with Crippen LogP contribution >= 0.6 is 0 Å². The normalized spacial score (nSPS) is 10.2. The second kappa shape index (κ2) is 5.66. The molecule has 2 N–H and O–H groups in total. The highest BCUT2D eigenvalue weighted by Crippen LogP contribution is 2.18. The molecule has 2 aromatic rings. The van der Waals surface area contributed by atoms with Crippen molar-refractivity contribution in [3.05, 3.63) is 56.4 Å². The summed E-state index contributed by atoms with van der Waals surface area (Å²) in [6, 6.07) is 7.00. The van der Waals surface area contributed by atoms with Gasteiger partial charge in [0.15, 0.2) is 11.4 Å². The van der Waals surface area contributed by atoms with Crippen LogP contribution in [0.4, 0.5) is 5.69 Å². The van der Waals surface area contributed by atoms with E-state index in [0.717, 1.165) is 10.6 Å². The van der Waals surface area contributed by atoms with Crippen LogP contribution in [0.3, 0.4) is 0 Å². The minimum Gasteiger partial charge on any atom is -0.372 e. The Bertz CT molecular complexity index is 774. The van der Waals surface area contributed by atoms with Crippen LogP contribution in [-0.4, -0.2) is 15.9 Å². The zero-order chi connectivity index (χ0) is 15.6. The smallest absolute Gasteiger partial charge is 0.326 e. The molecule has 0 bridgehead atoms. The van der Waals surface area contributed by atoms with E-state index in [1.54, 1.807) is 12.1 Å². The number of hydrogen-bond donors (Lipinski definition) is 2. The molecule has 1 aromatic carbocycles. The highest BCUT2D eigenvalue weighted by atomic mass is 16.7. The second-order valence-electron chi connectivity index (χ2n) is 4.60. The Kier molecular flexibility index (Phi) is 3.93. The quantitative estimate of drug-likeness (QED) is 0.825. The number of benzene rings is 1. The molecule has 0 atom stereocenters. The molecule has 0 aliphatic heterocycles. The van der Waals surface area contributed by atoms with E-state index in [-0.39, 0.29) is 11.4 Å². The van der Waals surface area contributed by atoms with Crippen molar-refractivity contribution in [1.29, 1.82) is 0 Å². The van der Waals surface area contributed by atoms with Crippen LogP contribution in [0.2, 0.25) is 0 Å². The molecule has 2 rings (SSSR count). The molecule has 0 saturated heterocycles. The highest BCUT2D eigenvalue weighted by molar-refractivity contribution is 5.90. The van der Waals surface area contributed by atoms with Crippen LogP contribution in [0.15, 0.2) is 33.9 Å². The first-order chi connectivity index (χ1) is 9.88. The Morgan fingerprint density at radius 1 is 1.10 bits per heavy atom. The number of rotatable bonds is 3. The van der Waals surface area contributed by atoms with Gasteiger partial charge in [0.05, 0.1) is 0 Å². The average molecular weight is 289 g/mol. The minimum absolute atomic E-state index is 0.0531. The summed E-state index contributed by atoms with van der Waals surface area (Å²) >= 11 is 0. The van der Waals surface area contributed by atoms with Crippen molar-refractivity contribution in [3.63, 3.8) is 0 Å². The van der Waals surface area contributed by atoms with Gasteiger partial charge in [0, 0.05) is 12.6 Å². The maximum absolute atomic E-state index is 11.9. The number of amides is 1. The third kappa shape index (κ3) is 3.19. The topological polar surface area (TPSA) is 95.3 Å². The number of nitrogens with one attached hydrogen (secondary N) is 2. The van der Waals surface area contributed by atoms with E-state index in [1.807, 2.05) is 19.1 Å². The molecule has 0 radical (unpaired) electrons. The monoisotopic (exact) mass is 289 g/mol. The Balaban J connectivity index is 2.45. The van der Waals surface area contributed by atoms with Gasteiger partial charge in [-0.25, -0.2) is 4.79 Å². The average Bonchev–Trinajstić information content (AvgIpc) is 2.38. The molecular weight excluding hydrogens is 274 g/mol. The fraction of sp³-hybridized carbons (Fsp3) is 0.214. The van der Waals surface area contributed by atoms with E-state index < -0.39 is 17.2 Å². The van der Waals surface area contributed by atoms with Crippen LogP contribution < -0.4 is 21.1 Å². The summed E-state index contributed by atoms with van der Waals surface area (Å²) in [6.07, 6.45) is 0. The zero-order valence-electron chi connectivity index (χ0n) is 11.9. The maximum atomic E-state index is 11.9. The lowest BCUT2D eigenvalue weighted by Gasteiger charge is -2.21. The maximum Gasteiger partial charge on any atom is 0.326 e. The number of carbonyl (C=O) groups excluding carboxylic acids is 1. The molecule has 110 valence electrons. The molecule has 0 aliphatic rings. The molecule has 0 spiro atoms. The lowest BCUT2D eigenvalue weighted by molar-refractivity contribution is -0.120. The van der Waals surface area contributed by atoms with E-state index in [0.29, 0.717) is 5.75 Å². The highest BCUT2D eigenvalue weighted by Gasteiger charge is 2.21. The summed E-state index contributed by atoms with van der Waals surface area (Å²) in [4.78, 5) is 44.8. The van der Waals surface area contributed by atoms with Gasteiger partial charge in [-0.2, -0.15) is 0 Å². The fourth-order valence-corrected chi connectivity index (χ4v) is 1.81. The number of nitrogens with zero attached hydrogens (tertiary/aromatic N) is 1. The lowest BCUT2D eigenvalue weighted by Crippen LogP contribution is -2.39. The molecule has 0 unspecified atom stereocenters. The molecular formula is C14H15N3O4. The van der Waals surface area contributed by atoms with Gasteiger partial charge in [0.2, 0.25) is 0 Å². The number of H-pyrrole nitrogens is 2. The van der Waals surface area contributed by atoms with Crippen LogP contribution in [-0.2, 0) is 4.79 Å². The number of anilines is 1. The Labute approximate surface area is 120 Å². The summed E-state index contributed by atoms with van der Waals surface area (Å²) in [5.74, 6) is -0.0861. The van der Waals surface area contributed by atoms with Gasteiger partial charge in [-0.3, -0.25) is 14.6 Å². The zero-order valence-corrected chi connectivity index (χ0v) is 11.9. The summed E-state index contributed by atoms with van der Waals surface area (Å²) in [5, 5.41) is 0.856. The molecule has 0 fully saturated rings. The van der Waals surface area contributed by atoms with Crippen LogP contribution in [0, 0.1) is 13.8 Å². The standard InChI is InChI=1S/C14H15N3O4/c1-8-4-6-11(7-5-8)21-17(10(3)18)12-9(2)15-14(20)16-13(12)19/h4-7H,1-3H3,(H2,15,16,19,20). The van der Waals surface area contributed by atoms with E-state index in [2.05, 4.69) is 9.97 Å². The first-order valence-corrected chi connectivity index (χ1v) is 6.27. The van der Waals surface area contributed by atoms with Gasteiger partial charge in [-0.05, 0) is 26.0 Å². The van der Waals surface area contributed by atoms with Crippen LogP contribution in [0.25, 0.3) is 0 Å². The minimum atomic E-state index is -0.696. The van der Waals surface area contributed by atoms with E-state index in [4.69, 9.17) is 4.84 Å². The number of aromatic nitrogens is 2. The summed E-state index contributed by atoms with van der Waals surface area (Å²) < 4.78 is 0. The van der Waals surface area contributed by atoms with Crippen LogP contribution in [0.5, 0.6) is 5.75 Å². The number of aryl methyl sites for hydroxylation is 2. The molecule has 1 amide bonds. The van der Waals surface area contributed by atoms with Crippen molar-refractivity contribution in [2.45, 2.75) is 20.8 Å².